The van der Waals surface area contributed by atoms with Crippen LogP contribution in [0.1, 0.15) is 33.1 Å². The van der Waals surface area contributed by atoms with Crippen molar-refractivity contribution >= 4 is 35.0 Å². The van der Waals surface area contributed by atoms with Gasteiger partial charge in [0.15, 0.2) is 5.78 Å². The van der Waals surface area contributed by atoms with Gasteiger partial charge in [-0.3, -0.25) is 24.5 Å². The van der Waals surface area contributed by atoms with Gasteiger partial charge in [0.1, 0.15) is 11.8 Å². The molecule has 9 nitrogen and oxygen atoms in total. The van der Waals surface area contributed by atoms with Crippen LogP contribution in [0.3, 0.4) is 0 Å². The lowest BCUT2D eigenvalue weighted by Gasteiger charge is -2.35. The molecular formula is C29H23N3O6. The Morgan fingerprint density at radius 2 is 1.68 bits per heavy atom. The molecule has 3 aliphatic heterocycles. The van der Waals surface area contributed by atoms with Crippen molar-refractivity contribution in [1.29, 1.82) is 0 Å². The number of nitrogens with zero attached hydrogens (tertiary/aromatic N) is 3. The number of anilines is 1. The molecule has 0 spiro atoms. The second-order valence-electron chi connectivity index (χ2n) is 9.67. The first-order chi connectivity index (χ1) is 18.3. The Morgan fingerprint density at radius 3 is 2.37 bits per heavy atom. The minimum absolute atomic E-state index is 0.129. The summed E-state index contributed by atoms with van der Waals surface area (Å²) in [6, 6.07) is 17.0. The van der Waals surface area contributed by atoms with E-state index in [1.807, 2.05) is 35.2 Å². The number of Topliss-reactive ketones (excluding diaryl/α,β-unsaturated/α-hetero) is 1. The highest BCUT2D eigenvalue weighted by molar-refractivity contribution is 6.25. The van der Waals surface area contributed by atoms with Gasteiger partial charge in [-0.1, -0.05) is 24.3 Å². The zero-order valence-corrected chi connectivity index (χ0v) is 20.6. The smallest absolute Gasteiger partial charge is 0.269 e. The first-order valence-corrected chi connectivity index (χ1v) is 12.2. The molecule has 3 heterocycles. The van der Waals surface area contributed by atoms with E-state index in [1.54, 1.807) is 37.4 Å². The number of rotatable bonds is 5. The molecule has 38 heavy (non-hydrogen) atoms. The Kier molecular flexibility index (Phi) is 5.37. The Labute approximate surface area is 218 Å². The summed E-state index contributed by atoms with van der Waals surface area (Å²) < 4.78 is 5.22. The molecule has 2 fully saturated rings. The molecule has 0 bridgehead atoms. The summed E-state index contributed by atoms with van der Waals surface area (Å²) in [5.41, 5.74) is 2.80. The Bertz CT molecular complexity index is 1550. The van der Waals surface area contributed by atoms with Crippen LogP contribution in [0.2, 0.25) is 0 Å². The number of imide groups is 1. The first-order valence-electron chi connectivity index (χ1n) is 12.2. The third kappa shape index (κ3) is 3.35. The van der Waals surface area contributed by atoms with Gasteiger partial charge in [-0.2, -0.15) is 0 Å². The van der Waals surface area contributed by atoms with E-state index in [9.17, 15) is 24.5 Å². The number of aryl methyl sites for hydroxylation is 1. The number of hydrogen-bond acceptors (Lipinski definition) is 7. The number of methoxy groups -OCH3 is 1. The van der Waals surface area contributed by atoms with Crippen LogP contribution in [-0.4, -0.2) is 40.6 Å². The fourth-order valence-electron chi connectivity index (χ4n) is 6.02. The summed E-state index contributed by atoms with van der Waals surface area (Å²) in [4.78, 5) is 55.7. The van der Waals surface area contributed by atoms with Crippen LogP contribution in [-0.2, 0) is 9.59 Å². The number of nitro groups is 1. The summed E-state index contributed by atoms with van der Waals surface area (Å²) in [6.45, 7) is 1.63. The SMILES string of the molecule is COc1ccc(C(=O)[C@H]2[C@H]3C(=O)N(c4ccc([N+](=O)[O-])cc4C)C(=O)[C@H]3C3c4ccccc4C=CN32)cc1. The monoisotopic (exact) mass is 509 g/mol. The van der Waals surface area contributed by atoms with Gasteiger partial charge in [-0.05, 0) is 60.0 Å². The predicted octanol–water partition coefficient (Wildman–Crippen LogP) is 4.31. The second kappa shape index (κ2) is 8.65. The van der Waals surface area contributed by atoms with Crippen molar-refractivity contribution in [3.8, 4) is 5.75 Å². The topological polar surface area (TPSA) is 110 Å². The van der Waals surface area contributed by atoms with Crippen molar-refractivity contribution in [2.24, 2.45) is 11.8 Å². The normalized spacial score (nSPS) is 23.2. The van der Waals surface area contributed by atoms with Gasteiger partial charge in [0, 0.05) is 23.9 Å². The van der Waals surface area contributed by atoms with Crippen molar-refractivity contribution in [2.75, 3.05) is 12.0 Å². The van der Waals surface area contributed by atoms with Crippen molar-refractivity contribution in [1.82, 2.24) is 4.90 Å². The van der Waals surface area contributed by atoms with Crippen molar-refractivity contribution in [3.63, 3.8) is 0 Å². The zero-order chi connectivity index (χ0) is 26.7. The molecule has 2 amide bonds. The van der Waals surface area contributed by atoms with Crippen LogP contribution in [0, 0.1) is 28.9 Å². The molecule has 9 heteroatoms. The van der Waals surface area contributed by atoms with Crippen molar-refractivity contribution in [3.05, 3.63) is 105 Å². The lowest BCUT2D eigenvalue weighted by molar-refractivity contribution is -0.384. The van der Waals surface area contributed by atoms with E-state index in [0.717, 1.165) is 16.0 Å². The average Bonchev–Trinajstić information content (AvgIpc) is 3.40. The second-order valence-corrected chi connectivity index (χ2v) is 9.67. The van der Waals surface area contributed by atoms with E-state index >= 15 is 0 Å². The van der Waals surface area contributed by atoms with E-state index in [4.69, 9.17) is 4.74 Å². The molecule has 1 unspecified atom stereocenters. The molecule has 0 saturated carbocycles. The molecular weight excluding hydrogens is 486 g/mol. The summed E-state index contributed by atoms with van der Waals surface area (Å²) >= 11 is 0. The van der Waals surface area contributed by atoms with Gasteiger partial charge in [-0.25, -0.2) is 4.90 Å². The molecule has 6 rings (SSSR count). The molecule has 3 aromatic rings. The van der Waals surface area contributed by atoms with Crippen LogP contribution in [0.5, 0.6) is 5.75 Å². The van der Waals surface area contributed by atoms with E-state index < -0.39 is 40.7 Å². The number of nitro benzene ring substituents is 1. The fourth-order valence-corrected chi connectivity index (χ4v) is 6.02. The summed E-state index contributed by atoms with van der Waals surface area (Å²) in [5, 5.41) is 11.2. The molecule has 4 atom stereocenters. The summed E-state index contributed by atoms with van der Waals surface area (Å²) in [7, 11) is 1.54. The molecule has 190 valence electrons. The molecule has 0 N–H and O–H groups in total. The maximum absolute atomic E-state index is 14.0. The Balaban J connectivity index is 1.47. The van der Waals surface area contributed by atoms with Crippen LogP contribution in [0.25, 0.3) is 6.08 Å². The minimum Gasteiger partial charge on any atom is -0.497 e. The van der Waals surface area contributed by atoms with Gasteiger partial charge in [0.25, 0.3) is 5.69 Å². The van der Waals surface area contributed by atoms with E-state index in [2.05, 4.69) is 0 Å². The number of ketones is 1. The van der Waals surface area contributed by atoms with Gasteiger partial charge >= 0.3 is 0 Å². The van der Waals surface area contributed by atoms with Gasteiger partial charge < -0.3 is 9.64 Å². The Hall–Kier alpha value is -4.79. The number of fused-ring (bicyclic) bond motifs is 5. The van der Waals surface area contributed by atoms with E-state index in [0.29, 0.717) is 22.6 Å². The van der Waals surface area contributed by atoms with Gasteiger partial charge in [0.05, 0.1) is 35.6 Å². The number of carbonyl (C=O) groups is 3. The molecule has 2 saturated heterocycles. The number of carbonyl (C=O) groups excluding carboxylic acids is 3. The number of non-ortho nitro benzene ring substituents is 1. The molecule has 0 aromatic heterocycles. The predicted molar refractivity (Wildman–Crippen MR) is 138 cm³/mol. The van der Waals surface area contributed by atoms with E-state index in [1.165, 1.54) is 25.3 Å². The van der Waals surface area contributed by atoms with Crippen LogP contribution >= 0.6 is 0 Å². The van der Waals surface area contributed by atoms with E-state index in [-0.39, 0.29) is 11.5 Å². The standard InChI is InChI=1S/C29H23N3O6/c1-16-15-19(32(36)37)9-12-22(16)31-28(34)23-24(29(31)35)26(27(33)18-7-10-20(38-2)11-8-18)30-14-13-17-5-3-4-6-21(17)25(23)30/h3-15,23-26H,1-2H3/t23-,24+,25?,26-/m1/s1. The first kappa shape index (κ1) is 23.6. The van der Waals surface area contributed by atoms with Gasteiger partial charge in [-0.15, -0.1) is 0 Å². The van der Waals surface area contributed by atoms with Crippen LogP contribution in [0.4, 0.5) is 11.4 Å². The quantitative estimate of drug-likeness (QED) is 0.218. The molecule has 3 aliphatic rings. The number of ether oxygens (including phenoxy) is 1. The van der Waals surface area contributed by atoms with Crippen LogP contribution in [0.15, 0.2) is 72.9 Å². The maximum atomic E-state index is 14.0. The lowest BCUT2D eigenvalue weighted by Crippen LogP contribution is -2.44. The highest BCUT2D eigenvalue weighted by Gasteiger charge is 2.64. The number of benzene rings is 3. The highest BCUT2D eigenvalue weighted by atomic mass is 16.6. The van der Waals surface area contributed by atoms with Crippen molar-refractivity contribution in [2.45, 2.75) is 19.0 Å². The third-order valence-corrected chi connectivity index (χ3v) is 7.74. The Morgan fingerprint density at radius 1 is 0.974 bits per heavy atom. The fraction of sp³-hybridized carbons (Fsp3) is 0.207. The third-order valence-electron chi connectivity index (χ3n) is 7.74. The minimum atomic E-state index is -0.924. The number of amides is 2. The highest BCUT2D eigenvalue weighted by Crippen LogP contribution is 2.54. The molecule has 0 radical (unpaired) electrons. The zero-order valence-electron chi connectivity index (χ0n) is 20.6. The molecule has 3 aromatic carbocycles. The van der Waals surface area contributed by atoms with Crippen LogP contribution < -0.4 is 9.64 Å². The maximum Gasteiger partial charge on any atom is 0.269 e. The summed E-state index contributed by atoms with van der Waals surface area (Å²) in [5.74, 6) is -2.28. The summed E-state index contributed by atoms with van der Waals surface area (Å²) in [6.07, 6.45) is 3.70. The number of hydrogen-bond donors (Lipinski definition) is 0. The van der Waals surface area contributed by atoms with Gasteiger partial charge in [0.2, 0.25) is 11.8 Å². The molecule has 0 aliphatic carbocycles. The lowest BCUT2D eigenvalue weighted by atomic mass is 9.83. The average molecular weight is 510 g/mol. The largest absolute Gasteiger partial charge is 0.497 e. The van der Waals surface area contributed by atoms with Crippen molar-refractivity contribution < 1.29 is 24.0 Å².